The van der Waals surface area contributed by atoms with Crippen LogP contribution in [0.4, 0.5) is 0 Å². The third-order valence-electron chi connectivity index (χ3n) is 3.87. The van der Waals surface area contributed by atoms with Crippen molar-refractivity contribution in [2.75, 3.05) is 13.1 Å². The molecule has 0 amide bonds. The van der Waals surface area contributed by atoms with E-state index in [1.165, 1.54) is 19.3 Å². The second-order valence-electron chi connectivity index (χ2n) is 5.10. The van der Waals surface area contributed by atoms with Gasteiger partial charge in [-0.15, -0.1) is 0 Å². The maximum Gasteiger partial charge on any atom is 0.250 e. The van der Waals surface area contributed by atoms with Crippen LogP contribution in [0.3, 0.4) is 0 Å². The third-order valence-corrected chi connectivity index (χ3v) is 3.87. The van der Waals surface area contributed by atoms with E-state index in [4.69, 9.17) is 0 Å². The zero-order valence-electron chi connectivity index (χ0n) is 10.6. The fourth-order valence-electron chi connectivity index (χ4n) is 2.66. The lowest BCUT2D eigenvalue weighted by atomic mass is 9.98. The van der Waals surface area contributed by atoms with E-state index in [1.54, 1.807) is 16.7 Å². The van der Waals surface area contributed by atoms with Gasteiger partial charge in [0.2, 0.25) is 0 Å². The molecular formula is C14H22N2O. The van der Waals surface area contributed by atoms with E-state index < -0.39 is 0 Å². The molecule has 94 valence electrons. The Balaban J connectivity index is 1.70. The van der Waals surface area contributed by atoms with Gasteiger partial charge in [0.25, 0.3) is 5.56 Å². The van der Waals surface area contributed by atoms with Crippen LogP contribution < -0.4 is 10.9 Å². The van der Waals surface area contributed by atoms with Crippen molar-refractivity contribution in [3.63, 3.8) is 0 Å². The molecule has 17 heavy (non-hydrogen) atoms. The number of hydrogen-bond acceptors (Lipinski definition) is 2. The molecule has 1 aliphatic rings. The Morgan fingerprint density at radius 3 is 3.00 bits per heavy atom. The molecule has 1 aromatic heterocycles. The first-order chi connectivity index (χ1) is 8.27. The van der Waals surface area contributed by atoms with E-state index in [2.05, 4.69) is 12.2 Å². The fourth-order valence-corrected chi connectivity index (χ4v) is 2.66. The van der Waals surface area contributed by atoms with Crippen LogP contribution in [0.5, 0.6) is 0 Å². The molecule has 1 heterocycles. The summed E-state index contributed by atoms with van der Waals surface area (Å²) in [7, 11) is 0. The molecule has 1 saturated carbocycles. The first kappa shape index (κ1) is 12.4. The second kappa shape index (κ2) is 6.01. The third kappa shape index (κ3) is 3.43. The van der Waals surface area contributed by atoms with Crippen molar-refractivity contribution in [1.29, 1.82) is 0 Å². The highest BCUT2D eigenvalue weighted by atomic mass is 16.1. The summed E-state index contributed by atoms with van der Waals surface area (Å²) in [4.78, 5) is 11.5. The second-order valence-corrected chi connectivity index (χ2v) is 5.10. The summed E-state index contributed by atoms with van der Waals surface area (Å²) in [6.45, 7) is 5.09. The topological polar surface area (TPSA) is 34.0 Å². The summed E-state index contributed by atoms with van der Waals surface area (Å²) >= 11 is 0. The molecule has 3 heteroatoms. The van der Waals surface area contributed by atoms with E-state index >= 15 is 0 Å². The summed E-state index contributed by atoms with van der Waals surface area (Å²) in [5, 5.41) is 3.47. The van der Waals surface area contributed by atoms with E-state index in [0.717, 1.165) is 31.5 Å². The summed E-state index contributed by atoms with van der Waals surface area (Å²) in [5.41, 5.74) is 0.0866. The van der Waals surface area contributed by atoms with Gasteiger partial charge < -0.3 is 9.88 Å². The molecule has 2 rings (SSSR count). The molecular weight excluding hydrogens is 212 g/mol. The van der Waals surface area contributed by atoms with Gasteiger partial charge in [-0.1, -0.05) is 25.8 Å². The SMILES string of the molecule is CC1CCCC1CNCCn1ccccc1=O. The van der Waals surface area contributed by atoms with Gasteiger partial charge in [-0.2, -0.15) is 0 Å². The molecule has 2 unspecified atom stereocenters. The summed E-state index contributed by atoms with van der Waals surface area (Å²) < 4.78 is 1.76. The number of pyridine rings is 1. The normalized spacial score (nSPS) is 24.1. The number of aromatic nitrogens is 1. The highest BCUT2D eigenvalue weighted by Crippen LogP contribution is 2.30. The van der Waals surface area contributed by atoms with Crippen molar-refractivity contribution in [1.82, 2.24) is 9.88 Å². The van der Waals surface area contributed by atoms with Crippen molar-refractivity contribution in [3.8, 4) is 0 Å². The largest absolute Gasteiger partial charge is 0.315 e. The minimum Gasteiger partial charge on any atom is -0.315 e. The van der Waals surface area contributed by atoms with Crippen molar-refractivity contribution < 1.29 is 0 Å². The Hall–Kier alpha value is -1.09. The average Bonchev–Trinajstić information content (AvgIpc) is 2.73. The number of nitrogens with zero attached hydrogens (tertiary/aromatic N) is 1. The Labute approximate surface area is 103 Å². The molecule has 0 aliphatic heterocycles. The maximum absolute atomic E-state index is 11.5. The minimum atomic E-state index is 0.0866. The molecule has 0 saturated heterocycles. The van der Waals surface area contributed by atoms with Crippen molar-refractivity contribution in [3.05, 3.63) is 34.7 Å². The van der Waals surface area contributed by atoms with Crippen LogP contribution in [0.2, 0.25) is 0 Å². The van der Waals surface area contributed by atoms with Gasteiger partial charge in [0, 0.05) is 25.4 Å². The molecule has 2 atom stereocenters. The van der Waals surface area contributed by atoms with E-state index in [1.807, 2.05) is 12.3 Å². The van der Waals surface area contributed by atoms with E-state index in [0.29, 0.717) is 0 Å². The van der Waals surface area contributed by atoms with Crippen molar-refractivity contribution >= 4 is 0 Å². The van der Waals surface area contributed by atoms with Crippen LogP contribution in [0.15, 0.2) is 29.2 Å². The highest BCUT2D eigenvalue weighted by molar-refractivity contribution is 4.93. The van der Waals surface area contributed by atoms with E-state index in [9.17, 15) is 4.79 Å². The molecule has 1 aromatic rings. The number of rotatable bonds is 5. The number of nitrogens with one attached hydrogen (secondary N) is 1. The maximum atomic E-state index is 11.5. The predicted octanol–water partition coefficient (Wildman–Crippen LogP) is 1.87. The lowest BCUT2D eigenvalue weighted by Gasteiger charge is -2.16. The molecule has 0 aromatic carbocycles. The van der Waals surface area contributed by atoms with E-state index in [-0.39, 0.29) is 5.56 Å². The Morgan fingerprint density at radius 2 is 2.29 bits per heavy atom. The molecule has 0 radical (unpaired) electrons. The van der Waals surface area contributed by atoms with Crippen LogP contribution in [0, 0.1) is 11.8 Å². The molecule has 1 N–H and O–H groups in total. The summed E-state index contributed by atoms with van der Waals surface area (Å²) in [6.07, 6.45) is 5.97. The van der Waals surface area contributed by atoms with Crippen molar-refractivity contribution in [2.24, 2.45) is 11.8 Å². The molecule has 0 bridgehead atoms. The highest BCUT2D eigenvalue weighted by Gasteiger charge is 2.22. The van der Waals surface area contributed by atoms with Gasteiger partial charge in [0.15, 0.2) is 0 Å². The Morgan fingerprint density at radius 1 is 1.41 bits per heavy atom. The van der Waals surface area contributed by atoms with Crippen LogP contribution in [-0.4, -0.2) is 17.7 Å². The molecule has 1 aliphatic carbocycles. The molecule has 0 spiro atoms. The summed E-state index contributed by atoms with van der Waals surface area (Å²) in [6, 6.07) is 5.30. The smallest absolute Gasteiger partial charge is 0.250 e. The predicted molar refractivity (Wildman–Crippen MR) is 70.1 cm³/mol. The summed E-state index contributed by atoms with van der Waals surface area (Å²) in [5.74, 6) is 1.70. The van der Waals surface area contributed by atoms with Gasteiger partial charge in [0.1, 0.15) is 0 Å². The van der Waals surface area contributed by atoms with Gasteiger partial charge >= 0.3 is 0 Å². The van der Waals surface area contributed by atoms with Gasteiger partial charge in [-0.05, 0) is 30.9 Å². The molecule has 3 nitrogen and oxygen atoms in total. The average molecular weight is 234 g/mol. The number of hydrogen-bond donors (Lipinski definition) is 1. The van der Waals surface area contributed by atoms with Crippen LogP contribution in [0.25, 0.3) is 0 Å². The minimum absolute atomic E-state index is 0.0866. The Bertz CT molecular complexity index is 399. The van der Waals surface area contributed by atoms with Crippen molar-refractivity contribution in [2.45, 2.75) is 32.7 Å². The zero-order chi connectivity index (χ0) is 12.1. The van der Waals surface area contributed by atoms with Crippen LogP contribution >= 0.6 is 0 Å². The lowest BCUT2D eigenvalue weighted by molar-refractivity contribution is 0.388. The standard InChI is InChI=1S/C14H22N2O/c1-12-5-4-6-13(12)11-15-8-10-16-9-3-2-7-14(16)17/h2-3,7,9,12-13,15H,4-6,8,10-11H2,1H3. The monoisotopic (exact) mass is 234 g/mol. The Kier molecular flexibility index (Phi) is 4.37. The molecule has 1 fully saturated rings. The first-order valence-electron chi connectivity index (χ1n) is 6.63. The quantitative estimate of drug-likeness (QED) is 0.789. The first-order valence-corrected chi connectivity index (χ1v) is 6.63. The van der Waals surface area contributed by atoms with Crippen LogP contribution in [0.1, 0.15) is 26.2 Å². The zero-order valence-corrected chi connectivity index (χ0v) is 10.6. The van der Waals surface area contributed by atoms with Gasteiger partial charge in [-0.25, -0.2) is 0 Å². The lowest BCUT2D eigenvalue weighted by Crippen LogP contribution is -2.30. The van der Waals surface area contributed by atoms with Gasteiger partial charge in [-0.3, -0.25) is 4.79 Å². The fraction of sp³-hybridized carbons (Fsp3) is 0.643. The van der Waals surface area contributed by atoms with Crippen LogP contribution in [-0.2, 0) is 6.54 Å². The van der Waals surface area contributed by atoms with Gasteiger partial charge in [0.05, 0.1) is 0 Å².